The van der Waals surface area contributed by atoms with Crippen molar-refractivity contribution in [2.45, 2.75) is 70.8 Å². The smallest absolute Gasteiger partial charge is 0.122 e. The lowest BCUT2D eigenvalue weighted by atomic mass is 9.84. The van der Waals surface area contributed by atoms with Crippen molar-refractivity contribution in [2.24, 2.45) is 22.1 Å². The van der Waals surface area contributed by atoms with Crippen LogP contribution < -0.4 is 0 Å². The molecule has 0 spiro atoms. The summed E-state index contributed by atoms with van der Waals surface area (Å²) in [6.07, 6.45) is 10.7. The number of ether oxygens (including phenoxy) is 1. The topological polar surface area (TPSA) is 64.9 Å². The van der Waals surface area contributed by atoms with Gasteiger partial charge in [0.15, 0.2) is 0 Å². The minimum atomic E-state index is 0.296. The minimum Gasteiger partial charge on any atom is -0.399 e. The maximum atomic E-state index is 5.78. The molecule has 0 aromatic rings. The molecular weight excluding hydrogens is 346 g/mol. The SMILES string of the molecule is COCN(OC)C1CCCCC1CO/N=C(C)/C(=N/OC)C1CCCCC1. The Morgan fingerprint density at radius 2 is 1.63 bits per heavy atom. The minimum absolute atomic E-state index is 0.296. The van der Waals surface area contributed by atoms with Crippen LogP contribution in [0.3, 0.4) is 0 Å². The van der Waals surface area contributed by atoms with Crippen molar-refractivity contribution in [3.63, 3.8) is 0 Å². The van der Waals surface area contributed by atoms with Gasteiger partial charge in [0.1, 0.15) is 31.9 Å². The molecule has 27 heavy (non-hydrogen) atoms. The first kappa shape index (κ1) is 22.1. The Balaban J connectivity index is 1.94. The van der Waals surface area contributed by atoms with E-state index in [1.54, 1.807) is 21.3 Å². The van der Waals surface area contributed by atoms with E-state index in [1.807, 2.05) is 12.0 Å². The average molecular weight is 384 g/mol. The molecule has 0 aromatic heterocycles. The predicted molar refractivity (Wildman–Crippen MR) is 107 cm³/mol. The van der Waals surface area contributed by atoms with Crippen LogP contribution in [0.25, 0.3) is 0 Å². The van der Waals surface area contributed by atoms with E-state index in [2.05, 4.69) is 10.3 Å². The van der Waals surface area contributed by atoms with E-state index in [0.717, 1.165) is 37.1 Å². The molecule has 2 rings (SSSR count). The summed E-state index contributed by atoms with van der Waals surface area (Å²) in [5.74, 6) is 0.807. The Morgan fingerprint density at radius 1 is 0.926 bits per heavy atom. The van der Waals surface area contributed by atoms with E-state index in [4.69, 9.17) is 19.2 Å². The number of hydroxylamine groups is 2. The highest BCUT2D eigenvalue weighted by Crippen LogP contribution is 2.29. The molecule has 7 nitrogen and oxygen atoms in total. The van der Waals surface area contributed by atoms with Crippen LogP contribution in [0.1, 0.15) is 64.7 Å². The molecule has 7 heteroatoms. The van der Waals surface area contributed by atoms with Crippen LogP contribution in [0.5, 0.6) is 0 Å². The predicted octanol–water partition coefficient (Wildman–Crippen LogP) is 3.99. The standard InChI is InChI=1S/C20H37N3O4/c1-16(20(22-25-3)17-10-6-5-7-11-17)21-27-14-18-12-8-9-13-19(18)23(26-4)15-24-2/h17-19H,5-15H2,1-4H3/b21-16+,22-20-. The van der Waals surface area contributed by atoms with E-state index in [1.165, 1.54) is 32.1 Å². The fraction of sp³-hybridized carbons (Fsp3) is 0.900. The first-order valence-corrected chi connectivity index (χ1v) is 10.3. The van der Waals surface area contributed by atoms with Crippen molar-refractivity contribution in [2.75, 3.05) is 34.7 Å². The van der Waals surface area contributed by atoms with Gasteiger partial charge in [0.25, 0.3) is 0 Å². The summed E-state index contributed by atoms with van der Waals surface area (Å²) >= 11 is 0. The summed E-state index contributed by atoms with van der Waals surface area (Å²) < 4.78 is 5.27. The highest BCUT2D eigenvalue weighted by molar-refractivity contribution is 6.41. The maximum Gasteiger partial charge on any atom is 0.122 e. The Kier molecular flexibility index (Phi) is 10.1. The van der Waals surface area contributed by atoms with Gasteiger partial charge in [-0.05, 0) is 32.6 Å². The number of rotatable bonds is 10. The van der Waals surface area contributed by atoms with Gasteiger partial charge in [-0.25, -0.2) is 0 Å². The molecular formula is C20H37N3O4. The third kappa shape index (κ3) is 6.73. The molecule has 0 saturated heterocycles. The van der Waals surface area contributed by atoms with Crippen molar-refractivity contribution < 1.29 is 19.2 Å². The zero-order chi connectivity index (χ0) is 19.5. The van der Waals surface area contributed by atoms with Crippen LogP contribution in [0.4, 0.5) is 0 Å². The molecule has 0 amide bonds. The summed E-state index contributed by atoms with van der Waals surface area (Å²) in [4.78, 5) is 16.4. The number of nitrogens with zero attached hydrogens (tertiary/aromatic N) is 3. The number of methoxy groups -OCH3 is 1. The van der Waals surface area contributed by atoms with E-state index < -0.39 is 0 Å². The summed E-state index contributed by atoms with van der Waals surface area (Å²) in [6.45, 7) is 3.01. The van der Waals surface area contributed by atoms with Gasteiger partial charge in [0.2, 0.25) is 0 Å². The highest BCUT2D eigenvalue weighted by atomic mass is 16.7. The Labute approximate surface area is 164 Å². The van der Waals surface area contributed by atoms with Gasteiger partial charge in [-0.2, -0.15) is 5.06 Å². The molecule has 0 radical (unpaired) electrons. The first-order valence-electron chi connectivity index (χ1n) is 10.3. The molecule has 0 N–H and O–H groups in total. The first-order chi connectivity index (χ1) is 13.2. The van der Waals surface area contributed by atoms with Crippen molar-refractivity contribution in [3.05, 3.63) is 0 Å². The van der Waals surface area contributed by atoms with Gasteiger partial charge in [0.05, 0.1) is 7.11 Å². The second-order valence-corrected chi connectivity index (χ2v) is 7.60. The highest BCUT2D eigenvalue weighted by Gasteiger charge is 2.31. The zero-order valence-electron chi connectivity index (χ0n) is 17.5. The molecule has 0 bridgehead atoms. The van der Waals surface area contributed by atoms with Crippen LogP contribution in [0.15, 0.2) is 10.3 Å². The third-order valence-electron chi connectivity index (χ3n) is 5.77. The van der Waals surface area contributed by atoms with Crippen LogP contribution in [0, 0.1) is 11.8 Å². The summed E-state index contributed by atoms with van der Waals surface area (Å²) in [5.41, 5.74) is 1.77. The summed E-state index contributed by atoms with van der Waals surface area (Å²) in [6, 6.07) is 0.296. The van der Waals surface area contributed by atoms with Crippen LogP contribution in [-0.2, 0) is 19.2 Å². The number of hydrogen-bond acceptors (Lipinski definition) is 7. The van der Waals surface area contributed by atoms with E-state index in [-0.39, 0.29) is 0 Å². The van der Waals surface area contributed by atoms with Gasteiger partial charge >= 0.3 is 0 Å². The van der Waals surface area contributed by atoms with E-state index in [0.29, 0.717) is 31.2 Å². The summed E-state index contributed by atoms with van der Waals surface area (Å²) in [5, 5.41) is 10.6. The monoisotopic (exact) mass is 383 g/mol. The normalized spacial score (nSPS) is 25.7. The lowest BCUT2D eigenvalue weighted by molar-refractivity contribution is -0.225. The lowest BCUT2D eigenvalue weighted by Gasteiger charge is -2.37. The number of hydrogen-bond donors (Lipinski definition) is 0. The fourth-order valence-electron chi connectivity index (χ4n) is 4.36. The van der Waals surface area contributed by atoms with E-state index >= 15 is 0 Å². The van der Waals surface area contributed by atoms with Crippen LogP contribution in [0.2, 0.25) is 0 Å². The third-order valence-corrected chi connectivity index (χ3v) is 5.77. The van der Waals surface area contributed by atoms with E-state index in [9.17, 15) is 0 Å². The van der Waals surface area contributed by atoms with Crippen molar-refractivity contribution in [1.29, 1.82) is 0 Å². The van der Waals surface area contributed by atoms with Crippen molar-refractivity contribution in [1.82, 2.24) is 5.06 Å². The molecule has 0 heterocycles. The Hall–Kier alpha value is -1.18. The maximum absolute atomic E-state index is 5.78. The van der Waals surface area contributed by atoms with Crippen molar-refractivity contribution >= 4 is 11.4 Å². The second kappa shape index (κ2) is 12.3. The molecule has 0 aromatic carbocycles. The van der Waals surface area contributed by atoms with Gasteiger partial charge in [-0.15, -0.1) is 0 Å². The quantitative estimate of drug-likeness (QED) is 0.324. The Bertz CT molecular complexity index is 478. The molecule has 2 fully saturated rings. The zero-order valence-corrected chi connectivity index (χ0v) is 17.5. The molecule has 0 aliphatic heterocycles. The largest absolute Gasteiger partial charge is 0.399 e. The van der Waals surface area contributed by atoms with Crippen LogP contribution >= 0.6 is 0 Å². The molecule has 2 atom stereocenters. The van der Waals surface area contributed by atoms with Crippen molar-refractivity contribution in [3.8, 4) is 0 Å². The average Bonchev–Trinajstić information content (AvgIpc) is 2.71. The molecule has 2 unspecified atom stereocenters. The molecule has 2 saturated carbocycles. The lowest BCUT2D eigenvalue weighted by Crippen LogP contribution is -2.44. The fourth-order valence-corrected chi connectivity index (χ4v) is 4.36. The van der Waals surface area contributed by atoms with Gasteiger partial charge in [-0.1, -0.05) is 42.4 Å². The van der Waals surface area contributed by atoms with Crippen LogP contribution in [-0.4, -0.2) is 57.2 Å². The van der Waals surface area contributed by atoms with Gasteiger partial charge in [-0.3, -0.25) is 4.84 Å². The van der Waals surface area contributed by atoms with Gasteiger partial charge < -0.3 is 14.4 Å². The number of oxime groups is 2. The summed E-state index contributed by atoms with van der Waals surface area (Å²) in [7, 11) is 4.99. The second-order valence-electron chi connectivity index (χ2n) is 7.60. The molecule has 2 aliphatic rings. The molecule has 156 valence electrons. The Morgan fingerprint density at radius 3 is 2.30 bits per heavy atom. The van der Waals surface area contributed by atoms with Gasteiger partial charge in [0, 0.05) is 25.0 Å². The molecule has 2 aliphatic carbocycles.